The lowest BCUT2D eigenvalue weighted by molar-refractivity contribution is -0.384. The van der Waals surface area contributed by atoms with E-state index in [0.717, 1.165) is 32.4 Å². The van der Waals surface area contributed by atoms with E-state index < -0.39 is 11.0 Å². The number of non-ortho nitro benzene ring substituents is 1. The van der Waals surface area contributed by atoms with E-state index in [1.165, 1.54) is 24.3 Å². The Labute approximate surface area is 127 Å². The molecule has 1 fully saturated rings. The Kier molecular flexibility index (Phi) is 5.29. The molecule has 22 heavy (non-hydrogen) atoms. The molecule has 1 aromatic carbocycles. The first-order valence-corrected chi connectivity index (χ1v) is 7.05. The number of carbonyl (C=O) groups excluding carboxylic acids is 1. The van der Waals surface area contributed by atoms with Gasteiger partial charge in [-0.15, -0.1) is 4.99 Å². The van der Waals surface area contributed by atoms with E-state index in [-0.39, 0.29) is 18.3 Å². The molecule has 1 heterocycles. The third-order valence-corrected chi connectivity index (χ3v) is 3.40. The summed E-state index contributed by atoms with van der Waals surface area (Å²) < 4.78 is 4.99. The minimum Gasteiger partial charge on any atom is -0.443 e. The molecule has 0 unspecified atom stereocenters. The van der Waals surface area contributed by atoms with Crippen molar-refractivity contribution < 1.29 is 14.5 Å². The average Bonchev–Trinajstić information content (AvgIpc) is 2.54. The van der Waals surface area contributed by atoms with Crippen molar-refractivity contribution >= 4 is 17.7 Å². The molecule has 0 atom stereocenters. The van der Waals surface area contributed by atoms with Gasteiger partial charge in [0.25, 0.3) is 5.69 Å². The molecule has 1 saturated heterocycles. The number of hydrogen-bond acceptors (Lipinski definition) is 4. The van der Waals surface area contributed by atoms with Gasteiger partial charge >= 0.3 is 6.09 Å². The number of rotatable bonds is 3. The van der Waals surface area contributed by atoms with Crippen molar-refractivity contribution in [3.8, 4) is 0 Å². The molecule has 8 nitrogen and oxygen atoms in total. The van der Waals surface area contributed by atoms with Crippen LogP contribution in [0.2, 0.25) is 0 Å². The van der Waals surface area contributed by atoms with Gasteiger partial charge in [-0.25, -0.2) is 4.79 Å². The van der Waals surface area contributed by atoms with Crippen LogP contribution in [0.3, 0.4) is 0 Å². The Hall–Kier alpha value is -2.64. The topological polar surface area (TPSA) is 111 Å². The van der Waals surface area contributed by atoms with Crippen LogP contribution >= 0.6 is 0 Å². The molecule has 8 heteroatoms. The molecule has 0 aliphatic carbocycles. The van der Waals surface area contributed by atoms with Gasteiger partial charge in [0.2, 0.25) is 5.96 Å². The fourth-order valence-electron chi connectivity index (χ4n) is 2.18. The molecular formula is C14H18N4O4. The summed E-state index contributed by atoms with van der Waals surface area (Å²) in [6.07, 6.45) is 2.47. The van der Waals surface area contributed by atoms with E-state index in [4.69, 9.17) is 10.5 Å². The van der Waals surface area contributed by atoms with Crippen LogP contribution in [-0.4, -0.2) is 35.0 Å². The second kappa shape index (κ2) is 7.39. The molecule has 0 bridgehead atoms. The maximum atomic E-state index is 11.6. The molecule has 118 valence electrons. The van der Waals surface area contributed by atoms with E-state index in [9.17, 15) is 14.9 Å². The molecular weight excluding hydrogens is 288 g/mol. The molecule has 1 aliphatic heterocycles. The maximum Gasteiger partial charge on any atom is 0.437 e. The van der Waals surface area contributed by atoms with Gasteiger partial charge in [0, 0.05) is 25.2 Å². The van der Waals surface area contributed by atoms with Crippen molar-refractivity contribution in [2.45, 2.75) is 25.9 Å². The Morgan fingerprint density at radius 2 is 1.91 bits per heavy atom. The van der Waals surface area contributed by atoms with Crippen molar-refractivity contribution in [1.29, 1.82) is 0 Å². The van der Waals surface area contributed by atoms with Crippen LogP contribution in [0, 0.1) is 10.1 Å². The Bertz CT molecular complexity index is 565. The highest BCUT2D eigenvalue weighted by Crippen LogP contribution is 2.13. The second-order valence-electron chi connectivity index (χ2n) is 5.00. The molecule has 1 aliphatic rings. The first-order chi connectivity index (χ1) is 10.6. The number of ether oxygens (including phenoxy) is 1. The summed E-state index contributed by atoms with van der Waals surface area (Å²) in [5.74, 6) is 0.174. The van der Waals surface area contributed by atoms with Crippen LogP contribution in [0.15, 0.2) is 29.3 Å². The van der Waals surface area contributed by atoms with E-state index in [1.54, 1.807) is 0 Å². The number of nitrogens with two attached hydrogens (primary N) is 1. The van der Waals surface area contributed by atoms with Crippen LogP contribution in [-0.2, 0) is 11.3 Å². The predicted octanol–water partition coefficient (Wildman–Crippen LogP) is 2.03. The van der Waals surface area contributed by atoms with Gasteiger partial charge in [0.1, 0.15) is 6.61 Å². The first kappa shape index (κ1) is 15.7. The molecule has 1 aromatic rings. The number of benzene rings is 1. The highest BCUT2D eigenvalue weighted by Gasteiger charge is 2.14. The van der Waals surface area contributed by atoms with Gasteiger partial charge in [0.05, 0.1) is 4.92 Å². The average molecular weight is 306 g/mol. The van der Waals surface area contributed by atoms with Gasteiger partial charge in [-0.1, -0.05) is 0 Å². The van der Waals surface area contributed by atoms with Crippen molar-refractivity contribution in [3.63, 3.8) is 0 Å². The number of nitrogens with zero attached hydrogens (tertiary/aromatic N) is 3. The fourth-order valence-corrected chi connectivity index (χ4v) is 2.18. The lowest BCUT2D eigenvalue weighted by Gasteiger charge is -2.27. The molecule has 0 saturated carbocycles. The van der Waals surface area contributed by atoms with Crippen LogP contribution in [0.1, 0.15) is 24.8 Å². The summed E-state index contributed by atoms with van der Waals surface area (Å²) in [6, 6.07) is 5.77. The third kappa shape index (κ3) is 4.44. The number of carbonyl (C=O) groups is 1. The number of hydrogen-bond donors (Lipinski definition) is 1. The van der Waals surface area contributed by atoms with Crippen LogP contribution < -0.4 is 5.73 Å². The van der Waals surface area contributed by atoms with Crippen LogP contribution in [0.4, 0.5) is 10.5 Å². The Morgan fingerprint density at radius 1 is 1.27 bits per heavy atom. The van der Waals surface area contributed by atoms with Gasteiger partial charge in [-0.05, 0) is 37.0 Å². The zero-order valence-corrected chi connectivity index (χ0v) is 12.1. The van der Waals surface area contributed by atoms with Gasteiger partial charge in [-0.3, -0.25) is 10.1 Å². The van der Waals surface area contributed by atoms with Gasteiger partial charge in [-0.2, -0.15) is 0 Å². The molecule has 0 aromatic heterocycles. The quantitative estimate of drug-likeness (QED) is 0.396. The smallest absolute Gasteiger partial charge is 0.437 e. The maximum absolute atomic E-state index is 11.6. The zero-order valence-electron chi connectivity index (χ0n) is 12.1. The molecule has 0 radical (unpaired) electrons. The minimum absolute atomic E-state index is 0.00634. The summed E-state index contributed by atoms with van der Waals surface area (Å²) in [5, 5.41) is 10.5. The van der Waals surface area contributed by atoms with Crippen LogP contribution in [0.25, 0.3) is 0 Å². The normalized spacial score (nSPS) is 15.5. The number of guanidine groups is 1. The second-order valence-corrected chi connectivity index (χ2v) is 5.00. The first-order valence-electron chi connectivity index (χ1n) is 7.05. The number of piperidine rings is 1. The van der Waals surface area contributed by atoms with E-state index in [2.05, 4.69) is 4.99 Å². The van der Waals surface area contributed by atoms with Crippen molar-refractivity contribution in [3.05, 3.63) is 39.9 Å². The number of amides is 1. The number of nitro groups is 1. The SMILES string of the molecule is NC(=NC(=O)OCc1ccc([N+](=O)[O-])cc1)N1CCCCC1. The zero-order chi connectivity index (χ0) is 15.9. The molecule has 1 amide bonds. The van der Waals surface area contributed by atoms with Gasteiger partial charge < -0.3 is 15.4 Å². The number of likely N-dealkylation sites (tertiary alicyclic amines) is 1. The number of nitro benzene ring substituents is 1. The largest absolute Gasteiger partial charge is 0.443 e. The third-order valence-electron chi connectivity index (χ3n) is 3.40. The predicted molar refractivity (Wildman–Crippen MR) is 80.3 cm³/mol. The summed E-state index contributed by atoms with van der Waals surface area (Å²) >= 11 is 0. The van der Waals surface area contributed by atoms with E-state index in [0.29, 0.717) is 5.56 Å². The summed E-state index contributed by atoms with van der Waals surface area (Å²) in [4.78, 5) is 27.2. The standard InChI is InChI=1S/C14H18N4O4/c15-13(17-8-2-1-3-9-17)16-14(19)22-10-11-4-6-12(7-5-11)18(20)21/h4-7H,1-3,8-10H2,(H2,15,16,19). The summed E-state index contributed by atoms with van der Waals surface area (Å²) in [7, 11) is 0. The highest BCUT2D eigenvalue weighted by molar-refractivity contribution is 5.89. The number of aliphatic imine (C=N–C) groups is 1. The Morgan fingerprint density at radius 3 is 2.50 bits per heavy atom. The van der Waals surface area contributed by atoms with E-state index >= 15 is 0 Å². The minimum atomic E-state index is -0.763. The summed E-state index contributed by atoms with van der Waals surface area (Å²) in [5.41, 5.74) is 6.40. The van der Waals surface area contributed by atoms with Crippen molar-refractivity contribution in [1.82, 2.24) is 4.90 Å². The molecule has 0 spiro atoms. The van der Waals surface area contributed by atoms with Gasteiger partial charge in [0.15, 0.2) is 0 Å². The monoisotopic (exact) mass is 306 g/mol. The fraction of sp³-hybridized carbons (Fsp3) is 0.429. The summed E-state index contributed by atoms with van der Waals surface area (Å²) in [6.45, 7) is 1.59. The lowest BCUT2D eigenvalue weighted by Crippen LogP contribution is -2.41. The molecule has 2 rings (SSSR count). The molecule has 2 N–H and O–H groups in total. The van der Waals surface area contributed by atoms with Crippen molar-refractivity contribution in [2.24, 2.45) is 10.7 Å². The van der Waals surface area contributed by atoms with Crippen molar-refractivity contribution in [2.75, 3.05) is 13.1 Å². The van der Waals surface area contributed by atoms with Crippen LogP contribution in [0.5, 0.6) is 0 Å². The highest BCUT2D eigenvalue weighted by atomic mass is 16.6. The Balaban J connectivity index is 1.85. The van der Waals surface area contributed by atoms with E-state index in [1.807, 2.05) is 4.90 Å². The lowest BCUT2D eigenvalue weighted by atomic mass is 10.1.